The van der Waals surface area contributed by atoms with E-state index >= 15 is 0 Å². The van der Waals surface area contributed by atoms with Crippen LogP contribution < -0.4 is 10.2 Å². The minimum absolute atomic E-state index is 0. The number of rotatable bonds is 20. The van der Waals surface area contributed by atoms with Gasteiger partial charge in [-0.1, -0.05) is 52.4 Å². The SMILES string of the molecule is CCCCCCC(=O)[O-].CCCCCCC(=O)[O-].O=CC(O)C(O)C(O)C(O)CO.O=CC(O)C(O)C(O)C(O)CO.[Ca+2]. The molecule has 0 saturated carbocycles. The normalized spacial score (nSPS) is 15.7. The van der Waals surface area contributed by atoms with Crippen molar-refractivity contribution in [2.24, 2.45) is 0 Å². The molecule has 0 bridgehead atoms. The van der Waals surface area contributed by atoms with Crippen LogP contribution in [0.15, 0.2) is 0 Å². The van der Waals surface area contributed by atoms with Crippen LogP contribution >= 0.6 is 0 Å². The van der Waals surface area contributed by atoms with Crippen molar-refractivity contribution in [3.63, 3.8) is 0 Å². The Morgan fingerprint density at radius 3 is 1.02 bits per heavy atom. The van der Waals surface area contributed by atoms with Crippen molar-refractivity contribution < 1.29 is 80.5 Å². The van der Waals surface area contributed by atoms with Gasteiger partial charge in [-0.2, -0.15) is 0 Å². The molecule has 8 atom stereocenters. The van der Waals surface area contributed by atoms with Crippen LogP contribution in [-0.2, 0) is 19.2 Å². The summed E-state index contributed by atoms with van der Waals surface area (Å²) >= 11 is 0. The second kappa shape index (κ2) is 35.6. The van der Waals surface area contributed by atoms with Gasteiger partial charge in [-0.15, -0.1) is 0 Å². The summed E-state index contributed by atoms with van der Waals surface area (Å²) in [6.45, 7) is 2.67. The number of aliphatic carboxylic acids is 2. The molecule has 10 N–H and O–H groups in total. The summed E-state index contributed by atoms with van der Waals surface area (Å²) in [6.07, 6.45) is -5.09. The second-order valence-electron chi connectivity index (χ2n) is 9.08. The second-order valence-corrected chi connectivity index (χ2v) is 9.08. The average molecular weight is 659 g/mol. The standard InChI is InChI=1S/2C7H14O2.2C6H12O6.Ca/c2*1-2-3-4-5-6-7(8)9;2*7-1-3(9)5(11)6(12)4(10)2-8;/h2*2-6H2,1H3,(H,8,9);2*1,3-6,8-12H,2H2;/q;;;;+2/p-2. The van der Waals surface area contributed by atoms with Gasteiger partial charge in [0.2, 0.25) is 0 Å². The predicted octanol–water partition coefficient (Wildman–Crippen LogP) is -5.72. The Morgan fingerprint density at radius 1 is 0.558 bits per heavy atom. The van der Waals surface area contributed by atoms with Gasteiger partial charge in [-0.3, -0.25) is 0 Å². The molecule has 0 aromatic heterocycles. The quantitative estimate of drug-likeness (QED) is 0.0331. The molecule has 0 spiro atoms. The van der Waals surface area contributed by atoms with Gasteiger partial charge >= 0.3 is 37.7 Å². The number of carbonyl (C=O) groups is 4. The first-order valence-corrected chi connectivity index (χ1v) is 13.6. The minimum Gasteiger partial charge on any atom is -0.550 e. The molecule has 0 aliphatic heterocycles. The number of carboxylic acids is 2. The van der Waals surface area contributed by atoms with E-state index in [4.69, 9.17) is 51.1 Å². The Hall–Kier alpha value is -0.860. The number of hydrogen-bond donors (Lipinski definition) is 10. The molecule has 0 fully saturated rings. The zero-order valence-electron chi connectivity index (χ0n) is 24.9. The molecule has 16 nitrogen and oxygen atoms in total. The maximum atomic E-state index is 9.90. The van der Waals surface area contributed by atoms with Crippen molar-refractivity contribution in [1.82, 2.24) is 0 Å². The molecular formula is C26H50CaO16. The molecule has 0 aliphatic rings. The summed E-state index contributed by atoms with van der Waals surface area (Å²) < 4.78 is 0. The van der Waals surface area contributed by atoms with Crippen LogP contribution in [0.25, 0.3) is 0 Å². The Morgan fingerprint density at radius 2 is 0.837 bits per heavy atom. The fourth-order valence-corrected chi connectivity index (χ4v) is 2.63. The number of carboxylic acid groups (broad SMARTS) is 2. The van der Waals surface area contributed by atoms with E-state index in [2.05, 4.69) is 13.8 Å². The third-order valence-corrected chi connectivity index (χ3v) is 5.31. The van der Waals surface area contributed by atoms with E-state index in [1.807, 2.05) is 0 Å². The summed E-state index contributed by atoms with van der Waals surface area (Å²) in [4.78, 5) is 39.5. The van der Waals surface area contributed by atoms with Gasteiger partial charge in [0.05, 0.1) is 13.2 Å². The van der Waals surface area contributed by atoms with Crippen molar-refractivity contribution in [3.8, 4) is 0 Å². The van der Waals surface area contributed by atoms with E-state index in [-0.39, 0.29) is 63.2 Å². The van der Waals surface area contributed by atoms with E-state index < -0.39 is 74.0 Å². The molecule has 0 amide bonds. The Labute approximate surface area is 281 Å². The average Bonchev–Trinajstić information content (AvgIpc) is 2.98. The summed E-state index contributed by atoms with van der Waals surface area (Å²) in [5.74, 6) is -1.85. The first-order valence-electron chi connectivity index (χ1n) is 13.6. The Kier molecular flexibility index (Phi) is 42.8. The third-order valence-electron chi connectivity index (χ3n) is 5.31. The van der Waals surface area contributed by atoms with Crippen LogP contribution in [0.1, 0.15) is 78.1 Å². The molecule has 0 aromatic carbocycles. The smallest absolute Gasteiger partial charge is 0.550 e. The van der Waals surface area contributed by atoms with Crippen molar-refractivity contribution >= 4 is 62.2 Å². The van der Waals surface area contributed by atoms with E-state index in [9.17, 15) is 29.4 Å². The number of carbonyl (C=O) groups excluding carboxylic acids is 4. The van der Waals surface area contributed by atoms with Gasteiger partial charge in [-0.25, -0.2) is 0 Å². The van der Waals surface area contributed by atoms with Crippen molar-refractivity contribution in [3.05, 3.63) is 0 Å². The minimum atomic E-state index is -1.79. The van der Waals surface area contributed by atoms with Gasteiger partial charge in [0.15, 0.2) is 12.6 Å². The molecule has 8 unspecified atom stereocenters. The van der Waals surface area contributed by atoms with Gasteiger partial charge in [0.25, 0.3) is 0 Å². The Bertz CT molecular complexity index is 603. The van der Waals surface area contributed by atoms with Crippen LogP contribution in [0.3, 0.4) is 0 Å². The molecule has 0 saturated heterocycles. The van der Waals surface area contributed by atoms with Crippen molar-refractivity contribution in [2.45, 2.75) is 127 Å². The van der Waals surface area contributed by atoms with Crippen LogP contribution in [0.5, 0.6) is 0 Å². The van der Waals surface area contributed by atoms with Crippen LogP contribution in [0.2, 0.25) is 0 Å². The molecule has 0 aromatic rings. The Balaban J connectivity index is -0.000000150. The first kappa shape index (κ1) is 51.7. The number of aldehydes is 2. The van der Waals surface area contributed by atoms with Crippen LogP contribution in [-0.4, -0.2) is 175 Å². The topological polar surface area (TPSA) is 317 Å². The van der Waals surface area contributed by atoms with E-state index in [1.165, 1.54) is 0 Å². The number of hydrogen-bond acceptors (Lipinski definition) is 16. The molecule has 0 rings (SSSR count). The van der Waals surface area contributed by atoms with Crippen LogP contribution in [0.4, 0.5) is 0 Å². The largest absolute Gasteiger partial charge is 2.00 e. The number of aliphatic hydroxyl groups is 10. The fourth-order valence-electron chi connectivity index (χ4n) is 2.63. The summed E-state index contributed by atoms with van der Waals surface area (Å²) in [5, 5.41) is 107. The van der Waals surface area contributed by atoms with Gasteiger partial charge in [0.1, 0.15) is 48.8 Å². The summed E-state index contributed by atoms with van der Waals surface area (Å²) in [7, 11) is 0. The van der Waals surface area contributed by atoms with Crippen molar-refractivity contribution in [1.29, 1.82) is 0 Å². The van der Waals surface area contributed by atoms with E-state index in [0.29, 0.717) is 0 Å². The first-order chi connectivity index (χ1) is 19.6. The van der Waals surface area contributed by atoms with E-state index in [1.54, 1.807) is 0 Å². The maximum Gasteiger partial charge on any atom is 2.00 e. The third kappa shape index (κ3) is 33.9. The zero-order chi connectivity index (χ0) is 33.7. The van der Waals surface area contributed by atoms with Gasteiger partial charge in [-0.05, 0) is 25.7 Å². The molecule has 43 heavy (non-hydrogen) atoms. The predicted molar refractivity (Wildman–Crippen MR) is 148 cm³/mol. The number of aliphatic hydroxyl groups excluding tert-OH is 10. The molecular weight excluding hydrogens is 608 g/mol. The summed E-state index contributed by atoms with van der Waals surface area (Å²) in [6, 6.07) is 0. The van der Waals surface area contributed by atoms with Crippen molar-refractivity contribution in [2.75, 3.05) is 13.2 Å². The maximum absolute atomic E-state index is 9.90. The molecule has 252 valence electrons. The number of unbranched alkanes of at least 4 members (excludes halogenated alkanes) is 6. The van der Waals surface area contributed by atoms with E-state index in [0.717, 1.165) is 51.4 Å². The molecule has 0 heterocycles. The zero-order valence-corrected chi connectivity index (χ0v) is 27.1. The molecule has 0 aliphatic carbocycles. The fraction of sp³-hybridized carbons (Fsp3) is 0.846. The molecule has 17 heteroatoms. The van der Waals surface area contributed by atoms with Crippen LogP contribution in [0, 0.1) is 0 Å². The van der Waals surface area contributed by atoms with Gasteiger partial charge < -0.3 is 80.5 Å². The summed E-state index contributed by atoms with van der Waals surface area (Å²) in [5.41, 5.74) is 0. The molecule has 0 radical (unpaired) electrons. The monoisotopic (exact) mass is 658 g/mol. The van der Waals surface area contributed by atoms with Gasteiger partial charge in [0, 0.05) is 11.9 Å².